The van der Waals surface area contributed by atoms with E-state index in [-0.39, 0.29) is 0 Å². The van der Waals surface area contributed by atoms with Crippen LogP contribution in [0.1, 0.15) is 5.56 Å². The molecule has 5 nitrogen and oxygen atoms in total. The molecule has 0 N–H and O–H groups in total. The number of benzene rings is 2. The number of halogens is 1. The van der Waals surface area contributed by atoms with Gasteiger partial charge in [0.05, 0.1) is 18.8 Å². The Kier molecular flexibility index (Phi) is 4.41. The third-order valence-electron chi connectivity index (χ3n) is 3.53. The molecule has 0 bridgehead atoms. The van der Waals surface area contributed by atoms with Crippen molar-refractivity contribution in [3.63, 3.8) is 0 Å². The summed E-state index contributed by atoms with van der Waals surface area (Å²) in [5.74, 6) is 0.450. The number of rotatable bonds is 4. The maximum Gasteiger partial charge on any atom is 0.282 e. The Morgan fingerprint density at radius 2 is 1.62 bits per heavy atom. The van der Waals surface area contributed by atoms with E-state index >= 15 is 0 Å². The Labute approximate surface area is 151 Å². The summed E-state index contributed by atoms with van der Waals surface area (Å²) in [4.78, 5) is 0. The molecule has 4 rings (SSSR count). The lowest BCUT2D eigenvalue weighted by molar-refractivity contribution is -0.0822. The van der Waals surface area contributed by atoms with Gasteiger partial charge in [-0.3, -0.25) is 0 Å². The minimum atomic E-state index is -0.945. The van der Waals surface area contributed by atoms with E-state index in [1.54, 1.807) is 0 Å². The number of aromatic nitrogens is 2. The fourth-order valence-electron chi connectivity index (χ4n) is 2.43. The average molecular weight is 405 g/mol. The maximum absolute atomic E-state index is 5.87. The summed E-state index contributed by atoms with van der Waals surface area (Å²) in [6.07, 6.45) is 0. The summed E-state index contributed by atoms with van der Waals surface area (Å²) in [6, 6.07) is 17.5. The van der Waals surface area contributed by atoms with E-state index < -0.39 is 5.12 Å². The van der Waals surface area contributed by atoms with Gasteiger partial charge in [-0.25, -0.2) is 0 Å². The van der Waals surface area contributed by atoms with Crippen LogP contribution in [0.25, 0.3) is 11.5 Å². The van der Waals surface area contributed by atoms with Crippen LogP contribution in [0.4, 0.5) is 0 Å². The number of hydrogen-bond donors (Lipinski definition) is 0. The first-order chi connectivity index (χ1) is 11.8. The Balaban J connectivity index is 1.64. The highest BCUT2D eigenvalue weighted by Gasteiger charge is 2.42. The first kappa shape index (κ1) is 15.8. The molecule has 0 radical (unpaired) electrons. The first-order valence-corrected chi connectivity index (χ1v) is 8.99. The highest BCUT2D eigenvalue weighted by atomic mass is 79.9. The first-order valence-electron chi connectivity index (χ1n) is 7.38. The molecular weight excluding hydrogens is 392 g/mol. The van der Waals surface area contributed by atoms with E-state index in [0.717, 1.165) is 15.6 Å². The molecule has 0 spiro atoms. The Morgan fingerprint density at radius 1 is 0.917 bits per heavy atom. The minimum absolute atomic E-state index is 0.395. The molecule has 3 aromatic rings. The minimum Gasteiger partial charge on any atom is -0.411 e. The van der Waals surface area contributed by atoms with Crippen LogP contribution >= 0.6 is 27.7 Å². The van der Waals surface area contributed by atoms with Gasteiger partial charge in [0, 0.05) is 21.8 Å². The average Bonchev–Trinajstić information content (AvgIpc) is 3.27. The van der Waals surface area contributed by atoms with Crippen LogP contribution in [0, 0.1) is 0 Å². The zero-order valence-corrected chi connectivity index (χ0v) is 14.9. The van der Waals surface area contributed by atoms with E-state index in [9.17, 15) is 0 Å². The molecule has 1 aliphatic heterocycles. The van der Waals surface area contributed by atoms with Crippen LogP contribution in [0.5, 0.6) is 0 Å². The Morgan fingerprint density at radius 3 is 2.38 bits per heavy atom. The van der Waals surface area contributed by atoms with Crippen molar-refractivity contribution >= 4 is 27.7 Å². The van der Waals surface area contributed by atoms with Crippen molar-refractivity contribution in [1.82, 2.24) is 10.2 Å². The van der Waals surface area contributed by atoms with E-state index in [2.05, 4.69) is 26.1 Å². The van der Waals surface area contributed by atoms with E-state index in [4.69, 9.17) is 13.9 Å². The van der Waals surface area contributed by atoms with Gasteiger partial charge in [-0.1, -0.05) is 42.5 Å². The van der Waals surface area contributed by atoms with Gasteiger partial charge < -0.3 is 13.9 Å². The lowest BCUT2D eigenvalue weighted by Crippen LogP contribution is -2.22. The molecule has 2 aromatic carbocycles. The second kappa shape index (κ2) is 6.68. The molecule has 1 fully saturated rings. The van der Waals surface area contributed by atoms with Crippen LogP contribution in [0.3, 0.4) is 0 Å². The van der Waals surface area contributed by atoms with Gasteiger partial charge in [0.1, 0.15) is 0 Å². The normalized spacial score (nSPS) is 16.4. The Hall–Kier alpha value is -1.67. The molecule has 0 aliphatic carbocycles. The SMILES string of the molecule is Brc1ccccc1-c1nnc(SC2(c3ccccc3)OCCO2)o1. The zero-order valence-electron chi connectivity index (χ0n) is 12.5. The third kappa shape index (κ3) is 3.00. The van der Waals surface area contributed by atoms with Crippen molar-refractivity contribution < 1.29 is 13.9 Å². The summed E-state index contributed by atoms with van der Waals surface area (Å²) in [5.41, 5.74) is 1.76. The Bertz CT molecular complexity index is 835. The summed E-state index contributed by atoms with van der Waals surface area (Å²) >= 11 is 4.77. The van der Waals surface area contributed by atoms with Crippen LogP contribution in [-0.2, 0) is 14.6 Å². The summed E-state index contributed by atoms with van der Waals surface area (Å²) < 4.78 is 18.5. The van der Waals surface area contributed by atoms with Gasteiger partial charge in [0.2, 0.25) is 5.89 Å². The standard InChI is InChI=1S/C17H13BrN2O3S/c18-14-9-5-4-8-13(14)15-19-20-16(23-15)24-17(21-10-11-22-17)12-6-2-1-3-7-12/h1-9H,10-11H2. The number of hydrogen-bond acceptors (Lipinski definition) is 6. The van der Waals surface area contributed by atoms with Crippen LogP contribution < -0.4 is 0 Å². The van der Waals surface area contributed by atoms with Crippen molar-refractivity contribution in [3.05, 3.63) is 64.6 Å². The molecule has 0 saturated carbocycles. The second-order valence-corrected chi connectivity index (χ2v) is 7.02. The van der Waals surface area contributed by atoms with Gasteiger partial charge >= 0.3 is 0 Å². The van der Waals surface area contributed by atoms with Gasteiger partial charge in [0.25, 0.3) is 10.3 Å². The van der Waals surface area contributed by atoms with E-state index in [0.29, 0.717) is 24.3 Å². The van der Waals surface area contributed by atoms with Crippen LogP contribution in [0.2, 0.25) is 0 Å². The smallest absolute Gasteiger partial charge is 0.282 e. The van der Waals surface area contributed by atoms with Crippen molar-refractivity contribution in [2.45, 2.75) is 10.3 Å². The second-order valence-electron chi connectivity index (χ2n) is 5.07. The molecule has 0 amide bonds. The highest BCUT2D eigenvalue weighted by Crippen LogP contribution is 2.46. The van der Waals surface area contributed by atoms with E-state index in [1.807, 2.05) is 54.6 Å². The topological polar surface area (TPSA) is 57.4 Å². The number of thioether (sulfide) groups is 1. The van der Waals surface area contributed by atoms with Crippen molar-refractivity contribution in [1.29, 1.82) is 0 Å². The van der Waals surface area contributed by atoms with Crippen LogP contribution in [0.15, 0.2) is 68.7 Å². The molecule has 1 aromatic heterocycles. The van der Waals surface area contributed by atoms with Crippen molar-refractivity contribution in [2.24, 2.45) is 0 Å². The molecule has 24 heavy (non-hydrogen) atoms. The molecule has 1 saturated heterocycles. The van der Waals surface area contributed by atoms with E-state index in [1.165, 1.54) is 11.8 Å². The van der Waals surface area contributed by atoms with Crippen molar-refractivity contribution in [3.8, 4) is 11.5 Å². The lowest BCUT2D eigenvalue weighted by Gasteiger charge is -2.24. The molecule has 0 unspecified atom stereocenters. The summed E-state index contributed by atoms with van der Waals surface area (Å²) in [5, 5.41) is 7.72. The molecule has 1 aliphatic rings. The highest BCUT2D eigenvalue weighted by molar-refractivity contribution is 9.10. The van der Waals surface area contributed by atoms with Gasteiger partial charge in [0.15, 0.2) is 0 Å². The predicted octanol–water partition coefficient (Wildman–Crippen LogP) is 4.45. The zero-order chi connectivity index (χ0) is 16.4. The van der Waals surface area contributed by atoms with Gasteiger partial charge in [-0.15, -0.1) is 10.2 Å². The quantitative estimate of drug-likeness (QED) is 0.640. The monoisotopic (exact) mass is 404 g/mol. The van der Waals surface area contributed by atoms with Crippen LogP contribution in [-0.4, -0.2) is 23.4 Å². The molecular formula is C17H13BrN2O3S. The molecule has 2 heterocycles. The summed E-state index contributed by atoms with van der Waals surface area (Å²) in [6.45, 7) is 1.04. The molecule has 122 valence electrons. The van der Waals surface area contributed by atoms with Gasteiger partial charge in [-0.2, -0.15) is 0 Å². The lowest BCUT2D eigenvalue weighted by atomic mass is 10.2. The fourth-order valence-corrected chi connectivity index (χ4v) is 3.85. The predicted molar refractivity (Wildman–Crippen MR) is 93.3 cm³/mol. The maximum atomic E-state index is 5.87. The number of nitrogens with zero attached hydrogens (tertiary/aromatic N) is 2. The summed E-state index contributed by atoms with van der Waals surface area (Å²) in [7, 11) is 0. The largest absolute Gasteiger partial charge is 0.411 e. The molecule has 7 heteroatoms. The van der Waals surface area contributed by atoms with Crippen molar-refractivity contribution in [2.75, 3.05) is 13.2 Å². The fraction of sp³-hybridized carbons (Fsp3) is 0.176. The number of ether oxygens (including phenoxy) is 2. The third-order valence-corrected chi connectivity index (χ3v) is 5.30. The molecule has 0 atom stereocenters. The van der Waals surface area contributed by atoms with Gasteiger partial charge in [-0.05, 0) is 28.1 Å².